The fourth-order valence-electron chi connectivity index (χ4n) is 2.82. The first-order valence-electron chi connectivity index (χ1n) is 8.83. The summed E-state index contributed by atoms with van der Waals surface area (Å²) in [4.78, 5) is 26.5. The Morgan fingerprint density at radius 3 is 2.67 bits per heavy atom. The molecule has 1 saturated heterocycles. The number of carbonyl (C=O) groups is 2. The Kier molecular flexibility index (Phi) is 6.19. The van der Waals surface area contributed by atoms with Gasteiger partial charge in [-0.15, -0.1) is 0 Å². The number of carbonyl (C=O) groups excluding carboxylic acids is 2. The Balaban J connectivity index is 1.66. The molecular weight excluding hydrogens is 362 g/mol. The molecule has 1 aliphatic rings. The molecular formula is C21H21NO4S. The summed E-state index contributed by atoms with van der Waals surface area (Å²) in [6.45, 7) is 2.65. The van der Waals surface area contributed by atoms with Crippen molar-refractivity contribution in [3.8, 4) is 11.5 Å². The molecule has 1 fully saturated rings. The van der Waals surface area contributed by atoms with Gasteiger partial charge in [0.15, 0.2) is 11.5 Å². The molecule has 1 heterocycles. The number of benzene rings is 2. The van der Waals surface area contributed by atoms with Crippen LogP contribution in [0.2, 0.25) is 0 Å². The van der Waals surface area contributed by atoms with Crippen molar-refractivity contribution >= 4 is 29.0 Å². The zero-order valence-electron chi connectivity index (χ0n) is 15.1. The van der Waals surface area contributed by atoms with Crippen molar-refractivity contribution in [1.82, 2.24) is 4.90 Å². The molecule has 0 saturated carbocycles. The number of hydrogen-bond donors (Lipinski definition) is 1. The molecule has 6 heteroatoms. The van der Waals surface area contributed by atoms with Gasteiger partial charge < -0.3 is 9.84 Å². The van der Waals surface area contributed by atoms with Crippen molar-refractivity contribution in [3.05, 3.63) is 64.6 Å². The summed E-state index contributed by atoms with van der Waals surface area (Å²) in [5.41, 5.74) is 1.89. The molecule has 2 aromatic rings. The molecule has 1 N–H and O–H groups in total. The summed E-state index contributed by atoms with van der Waals surface area (Å²) in [6, 6.07) is 14.8. The summed E-state index contributed by atoms with van der Waals surface area (Å²) >= 11 is 0.942. The highest BCUT2D eigenvalue weighted by molar-refractivity contribution is 8.18. The average Bonchev–Trinajstić information content (AvgIpc) is 2.93. The second-order valence-corrected chi connectivity index (χ2v) is 7.08. The molecule has 0 atom stereocenters. The SMILES string of the molecule is CCOc1cc(/C=C2/SC(=O)N(CCCc3ccccc3)C2=O)ccc1O. The van der Waals surface area contributed by atoms with E-state index in [-0.39, 0.29) is 16.9 Å². The summed E-state index contributed by atoms with van der Waals surface area (Å²) in [5.74, 6) is 0.125. The zero-order valence-corrected chi connectivity index (χ0v) is 15.9. The van der Waals surface area contributed by atoms with E-state index in [2.05, 4.69) is 0 Å². The molecule has 3 rings (SSSR count). The lowest BCUT2D eigenvalue weighted by Gasteiger charge is -2.12. The molecule has 0 unspecified atom stereocenters. The van der Waals surface area contributed by atoms with Crippen LogP contribution in [0.25, 0.3) is 6.08 Å². The van der Waals surface area contributed by atoms with E-state index in [1.165, 1.54) is 16.5 Å². The number of hydrogen-bond acceptors (Lipinski definition) is 5. The molecule has 0 radical (unpaired) electrons. The smallest absolute Gasteiger partial charge is 0.293 e. The number of nitrogens with zero attached hydrogens (tertiary/aromatic N) is 1. The van der Waals surface area contributed by atoms with Crippen molar-refractivity contribution in [1.29, 1.82) is 0 Å². The van der Waals surface area contributed by atoms with Gasteiger partial charge >= 0.3 is 0 Å². The van der Waals surface area contributed by atoms with E-state index in [1.54, 1.807) is 18.2 Å². The number of amides is 2. The van der Waals surface area contributed by atoms with Gasteiger partial charge in [-0.3, -0.25) is 14.5 Å². The van der Waals surface area contributed by atoms with E-state index in [1.807, 2.05) is 37.3 Å². The third kappa shape index (κ3) is 4.71. The van der Waals surface area contributed by atoms with Gasteiger partial charge in [-0.1, -0.05) is 36.4 Å². The Morgan fingerprint density at radius 2 is 1.93 bits per heavy atom. The second-order valence-electron chi connectivity index (χ2n) is 6.08. The number of imide groups is 1. The molecule has 0 aromatic heterocycles. The standard InChI is InChI=1S/C21H21NO4S/c1-2-26-18-13-16(10-11-17(18)23)14-19-20(24)22(21(25)27-19)12-6-9-15-7-4-3-5-8-15/h3-5,7-8,10-11,13-14,23H,2,6,9,12H2,1H3/b19-14+. The highest BCUT2D eigenvalue weighted by atomic mass is 32.2. The third-order valence-electron chi connectivity index (χ3n) is 4.15. The van der Waals surface area contributed by atoms with Gasteiger partial charge in [0, 0.05) is 6.54 Å². The molecule has 140 valence electrons. The minimum Gasteiger partial charge on any atom is -0.504 e. The van der Waals surface area contributed by atoms with Gasteiger partial charge in [-0.25, -0.2) is 0 Å². The van der Waals surface area contributed by atoms with Crippen LogP contribution in [0.3, 0.4) is 0 Å². The fourth-order valence-corrected chi connectivity index (χ4v) is 3.69. The average molecular weight is 383 g/mol. The van der Waals surface area contributed by atoms with Gasteiger partial charge in [0.25, 0.3) is 11.1 Å². The van der Waals surface area contributed by atoms with Crippen molar-refractivity contribution < 1.29 is 19.4 Å². The number of aryl methyl sites for hydroxylation is 1. The Bertz CT molecular complexity index is 864. The molecule has 2 aromatic carbocycles. The number of thioether (sulfide) groups is 1. The van der Waals surface area contributed by atoms with Crippen LogP contribution in [0.1, 0.15) is 24.5 Å². The summed E-state index contributed by atoms with van der Waals surface area (Å²) < 4.78 is 5.36. The predicted molar refractivity (Wildman–Crippen MR) is 107 cm³/mol. The molecule has 0 aliphatic carbocycles. The van der Waals surface area contributed by atoms with Gasteiger partial charge in [0.1, 0.15) is 0 Å². The van der Waals surface area contributed by atoms with Crippen molar-refractivity contribution in [2.75, 3.05) is 13.2 Å². The molecule has 2 amide bonds. The minimum atomic E-state index is -0.274. The number of rotatable bonds is 7. The van der Waals surface area contributed by atoms with E-state index in [0.29, 0.717) is 29.4 Å². The summed E-state index contributed by atoms with van der Waals surface area (Å²) in [5, 5.41) is 9.53. The Hall–Kier alpha value is -2.73. The normalized spacial score (nSPS) is 15.6. The van der Waals surface area contributed by atoms with Crippen LogP contribution in [-0.4, -0.2) is 34.3 Å². The van der Waals surface area contributed by atoms with E-state index in [9.17, 15) is 14.7 Å². The largest absolute Gasteiger partial charge is 0.504 e. The molecule has 0 spiro atoms. The lowest BCUT2D eigenvalue weighted by atomic mass is 10.1. The maximum absolute atomic E-state index is 12.6. The van der Waals surface area contributed by atoms with E-state index in [0.717, 1.165) is 24.6 Å². The summed E-state index contributed by atoms with van der Waals surface area (Å²) in [7, 11) is 0. The highest BCUT2D eigenvalue weighted by Gasteiger charge is 2.34. The van der Waals surface area contributed by atoms with Crippen LogP contribution in [0.4, 0.5) is 4.79 Å². The van der Waals surface area contributed by atoms with E-state index >= 15 is 0 Å². The van der Waals surface area contributed by atoms with Crippen LogP contribution in [0, 0.1) is 0 Å². The second kappa shape index (κ2) is 8.77. The van der Waals surface area contributed by atoms with Crippen LogP contribution in [0.5, 0.6) is 11.5 Å². The number of phenols is 1. The van der Waals surface area contributed by atoms with Gasteiger partial charge in [-0.05, 0) is 60.9 Å². The third-order valence-corrected chi connectivity index (χ3v) is 5.05. The van der Waals surface area contributed by atoms with Crippen LogP contribution >= 0.6 is 11.8 Å². The maximum Gasteiger partial charge on any atom is 0.293 e. The van der Waals surface area contributed by atoms with E-state index < -0.39 is 0 Å². The lowest BCUT2D eigenvalue weighted by Crippen LogP contribution is -2.29. The number of aromatic hydroxyl groups is 1. The molecule has 0 bridgehead atoms. The van der Waals surface area contributed by atoms with Crippen molar-refractivity contribution in [2.45, 2.75) is 19.8 Å². The molecule has 1 aliphatic heterocycles. The highest BCUT2D eigenvalue weighted by Crippen LogP contribution is 2.34. The first kappa shape index (κ1) is 19.0. The fraction of sp³-hybridized carbons (Fsp3) is 0.238. The topological polar surface area (TPSA) is 66.8 Å². The Labute approximate surface area is 162 Å². The van der Waals surface area contributed by atoms with Gasteiger partial charge in [0.05, 0.1) is 11.5 Å². The monoisotopic (exact) mass is 383 g/mol. The first-order valence-corrected chi connectivity index (χ1v) is 9.65. The number of phenolic OH excluding ortho intramolecular Hbond substituents is 1. The first-order chi connectivity index (χ1) is 13.1. The van der Waals surface area contributed by atoms with Crippen molar-refractivity contribution in [3.63, 3.8) is 0 Å². The Morgan fingerprint density at radius 1 is 1.15 bits per heavy atom. The van der Waals surface area contributed by atoms with Crippen molar-refractivity contribution in [2.24, 2.45) is 0 Å². The zero-order chi connectivity index (χ0) is 19.2. The van der Waals surface area contributed by atoms with Crippen LogP contribution in [-0.2, 0) is 11.2 Å². The molecule has 5 nitrogen and oxygen atoms in total. The lowest BCUT2D eigenvalue weighted by molar-refractivity contribution is -0.122. The minimum absolute atomic E-state index is 0.0445. The molecule has 27 heavy (non-hydrogen) atoms. The van der Waals surface area contributed by atoms with Gasteiger partial charge in [-0.2, -0.15) is 0 Å². The van der Waals surface area contributed by atoms with Gasteiger partial charge in [0.2, 0.25) is 0 Å². The van der Waals surface area contributed by atoms with E-state index in [4.69, 9.17) is 4.74 Å². The quantitative estimate of drug-likeness (QED) is 0.715. The predicted octanol–water partition coefficient (Wildman–Crippen LogP) is 4.46. The maximum atomic E-state index is 12.6. The summed E-state index contributed by atoms with van der Waals surface area (Å²) in [6.07, 6.45) is 3.20. The number of ether oxygens (including phenoxy) is 1. The van der Waals surface area contributed by atoms with Crippen LogP contribution < -0.4 is 4.74 Å². The van der Waals surface area contributed by atoms with Crippen LogP contribution in [0.15, 0.2) is 53.4 Å².